The van der Waals surface area contributed by atoms with E-state index in [0.717, 1.165) is 13.1 Å². The van der Waals surface area contributed by atoms with E-state index >= 15 is 0 Å². The van der Waals surface area contributed by atoms with E-state index in [1.807, 2.05) is 0 Å². The van der Waals surface area contributed by atoms with Gasteiger partial charge in [0, 0.05) is 38.8 Å². The number of hydrogen-bond acceptors (Lipinski definition) is 4. The van der Waals surface area contributed by atoms with Crippen molar-refractivity contribution < 1.29 is 14.6 Å². The Labute approximate surface area is 96.8 Å². The summed E-state index contributed by atoms with van der Waals surface area (Å²) in [6.45, 7) is 7.59. The number of methoxy groups -OCH3 is 1. The summed E-state index contributed by atoms with van der Waals surface area (Å²) in [5, 5.41) is 12.4. The molecule has 16 heavy (non-hydrogen) atoms. The molecule has 5 heteroatoms. The highest BCUT2D eigenvalue weighted by atomic mass is 16.5. The van der Waals surface area contributed by atoms with Crippen LogP contribution in [0.25, 0.3) is 0 Å². The SMILES string of the molecule is COCCN1CC(C(=O)O)CNC(C)(C)C1. The van der Waals surface area contributed by atoms with Crippen molar-refractivity contribution in [3.63, 3.8) is 0 Å². The topological polar surface area (TPSA) is 61.8 Å². The van der Waals surface area contributed by atoms with Gasteiger partial charge in [-0.05, 0) is 13.8 Å². The highest BCUT2D eigenvalue weighted by Crippen LogP contribution is 2.13. The average Bonchev–Trinajstić information content (AvgIpc) is 2.33. The summed E-state index contributed by atoms with van der Waals surface area (Å²) >= 11 is 0. The van der Waals surface area contributed by atoms with Crippen LogP contribution in [0.5, 0.6) is 0 Å². The molecule has 1 aliphatic heterocycles. The summed E-state index contributed by atoms with van der Waals surface area (Å²) in [4.78, 5) is 13.2. The van der Waals surface area contributed by atoms with E-state index in [2.05, 4.69) is 24.1 Å². The Morgan fingerprint density at radius 2 is 2.31 bits per heavy atom. The minimum atomic E-state index is -0.729. The largest absolute Gasteiger partial charge is 0.481 e. The molecule has 0 bridgehead atoms. The van der Waals surface area contributed by atoms with Gasteiger partial charge in [-0.1, -0.05) is 0 Å². The second-order valence-corrected chi connectivity index (χ2v) is 5.03. The van der Waals surface area contributed by atoms with Gasteiger partial charge in [0.1, 0.15) is 0 Å². The lowest BCUT2D eigenvalue weighted by Gasteiger charge is -2.29. The van der Waals surface area contributed by atoms with Crippen LogP contribution < -0.4 is 5.32 Å². The van der Waals surface area contributed by atoms with Crippen molar-refractivity contribution in [2.45, 2.75) is 19.4 Å². The summed E-state index contributed by atoms with van der Waals surface area (Å²) < 4.78 is 5.04. The van der Waals surface area contributed by atoms with Gasteiger partial charge >= 0.3 is 5.97 Å². The van der Waals surface area contributed by atoms with Crippen molar-refractivity contribution in [3.05, 3.63) is 0 Å². The first-order valence-corrected chi connectivity index (χ1v) is 5.64. The van der Waals surface area contributed by atoms with Crippen LogP contribution in [-0.4, -0.2) is 61.4 Å². The molecule has 0 aromatic carbocycles. The molecule has 0 aliphatic carbocycles. The molecule has 1 atom stereocenters. The molecule has 1 rings (SSSR count). The number of nitrogens with zero attached hydrogens (tertiary/aromatic N) is 1. The van der Waals surface area contributed by atoms with Gasteiger partial charge in [0.05, 0.1) is 12.5 Å². The van der Waals surface area contributed by atoms with Crippen molar-refractivity contribution in [3.8, 4) is 0 Å². The van der Waals surface area contributed by atoms with Crippen molar-refractivity contribution in [2.24, 2.45) is 5.92 Å². The van der Waals surface area contributed by atoms with Crippen molar-refractivity contribution in [2.75, 3.05) is 39.9 Å². The number of nitrogens with one attached hydrogen (secondary N) is 1. The highest BCUT2D eigenvalue weighted by molar-refractivity contribution is 5.70. The van der Waals surface area contributed by atoms with Gasteiger partial charge in [-0.3, -0.25) is 9.69 Å². The predicted octanol–water partition coefficient (Wildman–Crippen LogP) is 0.0174. The van der Waals surface area contributed by atoms with Crippen molar-refractivity contribution in [1.82, 2.24) is 10.2 Å². The van der Waals surface area contributed by atoms with E-state index < -0.39 is 5.97 Å². The Bertz CT molecular complexity index is 243. The second kappa shape index (κ2) is 5.61. The Morgan fingerprint density at radius 3 is 2.88 bits per heavy atom. The normalized spacial score (nSPS) is 26.3. The van der Waals surface area contributed by atoms with Crippen LogP contribution in [0.4, 0.5) is 0 Å². The maximum atomic E-state index is 11.0. The summed E-state index contributed by atoms with van der Waals surface area (Å²) in [5.41, 5.74) is -0.0437. The first-order chi connectivity index (χ1) is 7.44. The third-order valence-electron chi connectivity index (χ3n) is 2.89. The molecular weight excluding hydrogens is 208 g/mol. The van der Waals surface area contributed by atoms with Crippen LogP contribution in [0.3, 0.4) is 0 Å². The lowest BCUT2D eigenvalue weighted by atomic mass is 10.1. The summed E-state index contributed by atoms with van der Waals surface area (Å²) in [7, 11) is 1.66. The van der Waals surface area contributed by atoms with Crippen molar-refractivity contribution >= 4 is 5.97 Å². The number of carbonyl (C=O) groups is 1. The van der Waals surface area contributed by atoms with Crippen LogP contribution in [0.1, 0.15) is 13.8 Å². The summed E-state index contributed by atoms with van der Waals surface area (Å²) in [5.74, 6) is -1.06. The van der Waals surface area contributed by atoms with Crippen LogP contribution in [0.2, 0.25) is 0 Å². The number of aliphatic carboxylic acids is 1. The van der Waals surface area contributed by atoms with Gasteiger partial charge in [-0.2, -0.15) is 0 Å². The molecule has 94 valence electrons. The highest BCUT2D eigenvalue weighted by Gasteiger charge is 2.31. The van der Waals surface area contributed by atoms with Gasteiger partial charge in [0.25, 0.3) is 0 Å². The van der Waals surface area contributed by atoms with Gasteiger partial charge in [-0.15, -0.1) is 0 Å². The number of carboxylic acids is 1. The fraction of sp³-hybridized carbons (Fsp3) is 0.909. The van der Waals surface area contributed by atoms with Crippen LogP contribution in [-0.2, 0) is 9.53 Å². The quantitative estimate of drug-likeness (QED) is 0.713. The fourth-order valence-electron chi connectivity index (χ4n) is 2.01. The first kappa shape index (κ1) is 13.4. The molecule has 1 fully saturated rings. The molecule has 0 radical (unpaired) electrons. The minimum absolute atomic E-state index is 0.0437. The zero-order valence-corrected chi connectivity index (χ0v) is 10.3. The summed E-state index contributed by atoms with van der Waals surface area (Å²) in [6.07, 6.45) is 0. The minimum Gasteiger partial charge on any atom is -0.481 e. The molecule has 0 amide bonds. The van der Waals surface area contributed by atoms with E-state index in [1.165, 1.54) is 0 Å². The zero-order chi connectivity index (χ0) is 12.2. The molecule has 1 heterocycles. The Balaban J connectivity index is 2.62. The molecule has 5 nitrogen and oxygen atoms in total. The van der Waals surface area contributed by atoms with Gasteiger partial charge in [0.2, 0.25) is 0 Å². The van der Waals surface area contributed by atoms with Crippen molar-refractivity contribution in [1.29, 1.82) is 0 Å². The van der Waals surface area contributed by atoms with E-state index in [0.29, 0.717) is 19.7 Å². The first-order valence-electron chi connectivity index (χ1n) is 5.64. The zero-order valence-electron chi connectivity index (χ0n) is 10.3. The van der Waals surface area contributed by atoms with Crippen LogP contribution in [0.15, 0.2) is 0 Å². The van der Waals surface area contributed by atoms with E-state index in [1.54, 1.807) is 7.11 Å². The molecule has 1 saturated heterocycles. The smallest absolute Gasteiger partial charge is 0.309 e. The maximum absolute atomic E-state index is 11.0. The predicted molar refractivity (Wildman–Crippen MR) is 61.5 cm³/mol. The number of hydrogen-bond donors (Lipinski definition) is 2. The average molecular weight is 230 g/mol. The molecule has 0 saturated carbocycles. The molecule has 1 unspecified atom stereocenters. The lowest BCUT2D eigenvalue weighted by molar-refractivity contribution is -0.142. The van der Waals surface area contributed by atoms with Gasteiger partial charge in [0.15, 0.2) is 0 Å². The Hall–Kier alpha value is -0.650. The third kappa shape index (κ3) is 4.08. The molecule has 0 spiro atoms. The standard InChI is InChI=1S/C11H22N2O3/c1-11(2)8-13(4-5-16-3)7-9(6-12-11)10(14)15/h9,12H,4-8H2,1-3H3,(H,14,15). The molecule has 1 aliphatic rings. The Morgan fingerprint density at radius 1 is 1.62 bits per heavy atom. The molecule has 2 N–H and O–H groups in total. The summed E-state index contributed by atoms with van der Waals surface area (Å²) in [6, 6.07) is 0. The molecule has 0 aromatic heterocycles. The third-order valence-corrected chi connectivity index (χ3v) is 2.89. The van der Waals surface area contributed by atoms with Gasteiger partial charge in [-0.25, -0.2) is 0 Å². The fourth-order valence-corrected chi connectivity index (χ4v) is 2.01. The van der Waals surface area contributed by atoms with Gasteiger partial charge < -0.3 is 15.2 Å². The second-order valence-electron chi connectivity index (χ2n) is 5.03. The van der Waals surface area contributed by atoms with Crippen LogP contribution in [0, 0.1) is 5.92 Å². The number of carboxylic acid groups (broad SMARTS) is 1. The number of ether oxygens (including phenoxy) is 1. The lowest BCUT2D eigenvalue weighted by Crippen LogP contribution is -2.47. The van der Waals surface area contributed by atoms with E-state index in [4.69, 9.17) is 9.84 Å². The van der Waals surface area contributed by atoms with E-state index in [9.17, 15) is 4.79 Å². The Kier molecular flexibility index (Phi) is 4.70. The maximum Gasteiger partial charge on any atom is 0.309 e. The van der Waals surface area contributed by atoms with Crippen LogP contribution >= 0.6 is 0 Å². The molecule has 0 aromatic rings. The molecular formula is C11H22N2O3. The monoisotopic (exact) mass is 230 g/mol. The van der Waals surface area contributed by atoms with E-state index in [-0.39, 0.29) is 11.5 Å². The number of rotatable bonds is 4.